The van der Waals surface area contributed by atoms with Crippen molar-refractivity contribution in [1.82, 2.24) is 10.1 Å². The Kier molecular flexibility index (Phi) is 3.62. The van der Waals surface area contributed by atoms with E-state index in [1.807, 2.05) is 13.0 Å². The number of nitrogens with zero attached hydrogens (tertiary/aromatic N) is 2. The first kappa shape index (κ1) is 13.4. The molecule has 0 spiro atoms. The first-order valence-electron chi connectivity index (χ1n) is 6.38. The van der Waals surface area contributed by atoms with Gasteiger partial charge in [0.25, 0.3) is 0 Å². The zero-order chi connectivity index (χ0) is 14.1. The van der Waals surface area contributed by atoms with Crippen LogP contribution in [0.1, 0.15) is 18.4 Å². The van der Waals surface area contributed by atoms with Gasteiger partial charge in [0.2, 0.25) is 11.7 Å². The lowest BCUT2D eigenvalue weighted by atomic mass is 10.0. The molecule has 0 atom stereocenters. The molecule has 0 saturated heterocycles. The summed E-state index contributed by atoms with van der Waals surface area (Å²) in [6.45, 7) is 3.37. The molecule has 2 N–H and O–H groups in total. The maximum absolute atomic E-state index is 5.74. The Hall–Kier alpha value is -1.60. The van der Waals surface area contributed by atoms with E-state index in [1.165, 1.54) is 0 Å². The van der Waals surface area contributed by atoms with Crippen molar-refractivity contribution in [2.75, 3.05) is 13.2 Å². The topological polar surface area (TPSA) is 83.4 Å². The maximum Gasteiger partial charge on any atom is 0.240 e. The molecule has 1 aromatic heterocycles. The van der Waals surface area contributed by atoms with Gasteiger partial charge >= 0.3 is 0 Å². The summed E-state index contributed by atoms with van der Waals surface area (Å²) in [5.74, 6) is 2.41. The van der Waals surface area contributed by atoms with Crippen molar-refractivity contribution in [1.29, 1.82) is 0 Å². The van der Waals surface area contributed by atoms with Gasteiger partial charge in [0.05, 0.1) is 6.54 Å². The van der Waals surface area contributed by atoms with Crippen molar-refractivity contribution in [2.45, 2.75) is 19.9 Å². The van der Waals surface area contributed by atoms with E-state index in [2.05, 4.69) is 26.1 Å². The Morgan fingerprint density at radius 1 is 1.35 bits per heavy atom. The lowest BCUT2D eigenvalue weighted by molar-refractivity contribution is 0.170. The Labute approximate surface area is 124 Å². The molecule has 0 bridgehead atoms. The number of hydrogen-bond donors (Lipinski definition) is 1. The van der Waals surface area contributed by atoms with Crippen molar-refractivity contribution in [3.8, 4) is 22.9 Å². The first-order chi connectivity index (χ1) is 9.74. The van der Waals surface area contributed by atoms with Crippen molar-refractivity contribution in [3.63, 3.8) is 0 Å². The predicted octanol–water partition coefficient (Wildman–Crippen LogP) is 2.29. The number of ether oxygens (including phenoxy) is 2. The van der Waals surface area contributed by atoms with Gasteiger partial charge in [-0.05, 0) is 28.4 Å². The van der Waals surface area contributed by atoms with Crippen LogP contribution in [0.5, 0.6) is 11.5 Å². The highest BCUT2D eigenvalue weighted by Gasteiger charge is 2.24. The Morgan fingerprint density at radius 2 is 2.15 bits per heavy atom. The molecule has 1 aromatic carbocycles. The molecule has 106 valence electrons. The SMILES string of the molecule is CCc1c2c(cc(Br)c1-c1noc(CN)n1)OCCO2. The van der Waals surface area contributed by atoms with Gasteiger partial charge in [-0.2, -0.15) is 4.98 Å². The van der Waals surface area contributed by atoms with Gasteiger partial charge in [0, 0.05) is 15.6 Å². The van der Waals surface area contributed by atoms with E-state index in [0.717, 1.165) is 33.5 Å². The number of aromatic nitrogens is 2. The average molecular weight is 340 g/mol. The van der Waals surface area contributed by atoms with Crippen LogP contribution in [0, 0.1) is 0 Å². The summed E-state index contributed by atoms with van der Waals surface area (Å²) in [5.41, 5.74) is 7.37. The Balaban J connectivity index is 2.18. The summed E-state index contributed by atoms with van der Waals surface area (Å²) in [6, 6.07) is 1.88. The standard InChI is InChI=1S/C13H14BrN3O3/c1-2-7-11(13-16-10(6-15)20-17-13)8(14)5-9-12(7)19-4-3-18-9/h5H,2-4,6,15H2,1H3. The highest BCUT2D eigenvalue weighted by atomic mass is 79.9. The number of nitrogens with two attached hydrogens (primary N) is 1. The van der Waals surface area contributed by atoms with Crippen LogP contribution >= 0.6 is 15.9 Å². The summed E-state index contributed by atoms with van der Waals surface area (Å²) in [7, 11) is 0. The third-order valence-corrected chi connectivity index (χ3v) is 3.73. The Bertz CT molecular complexity index is 642. The number of fused-ring (bicyclic) bond motifs is 1. The lowest BCUT2D eigenvalue weighted by Crippen LogP contribution is -2.17. The Morgan fingerprint density at radius 3 is 2.85 bits per heavy atom. The van der Waals surface area contributed by atoms with Gasteiger partial charge in [-0.1, -0.05) is 12.1 Å². The van der Waals surface area contributed by atoms with E-state index in [9.17, 15) is 0 Å². The van der Waals surface area contributed by atoms with Crippen molar-refractivity contribution >= 4 is 15.9 Å². The highest BCUT2D eigenvalue weighted by Crippen LogP contribution is 2.44. The number of benzene rings is 1. The van der Waals surface area contributed by atoms with Crippen LogP contribution in [0.2, 0.25) is 0 Å². The normalized spacial score (nSPS) is 13.6. The largest absolute Gasteiger partial charge is 0.486 e. The van der Waals surface area contributed by atoms with Crippen molar-refractivity contribution in [3.05, 3.63) is 22.0 Å². The fourth-order valence-corrected chi connectivity index (χ4v) is 2.86. The van der Waals surface area contributed by atoms with E-state index in [-0.39, 0.29) is 6.54 Å². The van der Waals surface area contributed by atoms with Gasteiger partial charge in [-0.25, -0.2) is 0 Å². The number of rotatable bonds is 3. The van der Waals surface area contributed by atoms with Crippen molar-refractivity contribution in [2.24, 2.45) is 5.73 Å². The monoisotopic (exact) mass is 339 g/mol. The molecule has 2 aromatic rings. The third-order valence-electron chi connectivity index (χ3n) is 3.10. The second-order valence-electron chi connectivity index (χ2n) is 4.31. The minimum Gasteiger partial charge on any atom is -0.486 e. The molecule has 0 amide bonds. The number of halogens is 1. The molecule has 7 heteroatoms. The van der Waals surface area contributed by atoms with Crippen LogP contribution in [0.15, 0.2) is 15.1 Å². The summed E-state index contributed by atoms with van der Waals surface area (Å²) in [6.07, 6.45) is 0.771. The van der Waals surface area contributed by atoms with Crippen LogP contribution in [0.3, 0.4) is 0 Å². The van der Waals surface area contributed by atoms with E-state index < -0.39 is 0 Å². The van der Waals surface area contributed by atoms with E-state index in [0.29, 0.717) is 24.9 Å². The van der Waals surface area contributed by atoms with E-state index >= 15 is 0 Å². The van der Waals surface area contributed by atoms with Crippen LogP contribution in [0.25, 0.3) is 11.4 Å². The van der Waals surface area contributed by atoms with Crippen LogP contribution < -0.4 is 15.2 Å². The fourth-order valence-electron chi connectivity index (χ4n) is 2.24. The molecular formula is C13H14BrN3O3. The summed E-state index contributed by atoms with van der Waals surface area (Å²) < 4.78 is 17.3. The average Bonchev–Trinajstić information content (AvgIpc) is 2.94. The summed E-state index contributed by atoms with van der Waals surface area (Å²) in [5, 5.41) is 3.98. The zero-order valence-corrected chi connectivity index (χ0v) is 12.6. The lowest BCUT2D eigenvalue weighted by Gasteiger charge is -2.23. The summed E-state index contributed by atoms with van der Waals surface area (Å²) >= 11 is 3.55. The van der Waals surface area contributed by atoms with Gasteiger partial charge in [0.15, 0.2) is 11.5 Å². The van der Waals surface area contributed by atoms with E-state index in [1.54, 1.807) is 0 Å². The zero-order valence-electron chi connectivity index (χ0n) is 11.0. The molecule has 0 saturated carbocycles. The molecule has 1 aliphatic heterocycles. The minimum absolute atomic E-state index is 0.219. The van der Waals surface area contributed by atoms with Crippen LogP contribution in [0.4, 0.5) is 0 Å². The van der Waals surface area contributed by atoms with Gasteiger partial charge < -0.3 is 19.7 Å². The van der Waals surface area contributed by atoms with Crippen LogP contribution in [-0.4, -0.2) is 23.4 Å². The highest BCUT2D eigenvalue weighted by molar-refractivity contribution is 9.10. The second-order valence-corrected chi connectivity index (χ2v) is 5.16. The predicted molar refractivity (Wildman–Crippen MR) is 75.7 cm³/mol. The molecule has 2 heterocycles. The molecule has 0 radical (unpaired) electrons. The van der Waals surface area contributed by atoms with Gasteiger partial charge in [0.1, 0.15) is 13.2 Å². The second kappa shape index (κ2) is 5.41. The fraction of sp³-hybridized carbons (Fsp3) is 0.385. The third kappa shape index (κ3) is 2.16. The molecule has 3 rings (SSSR count). The maximum atomic E-state index is 5.74. The van der Waals surface area contributed by atoms with Gasteiger partial charge in [-0.3, -0.25) is 0 Å². The molecule has 0 unspecified atom stereocenters. The molecule has 0 fully saturated rings. The van der Waals surface area contributed by atoms with Crippen molar-refractivity contribution < 1.29 is 14.0 Å². The molecule has 20 heavy (non-hydrogen) atoms. The van der Waals surface area contributed by atoms with Gasteiger partial charge in [-0.15, -0.1) is 0 Å². The quantitative estimate of drug-likeness (QED) is 0.923. The molecule has 0 aliphatic carbocycles. The van der Waals surface area contributed by atoms with E-state index in [4.69, 9.17) is 19.7 Å². The first-order valence-corrected chi connectivity index (χ1v) is 7.17. The molecule has 1 aliphatic rings. The molecule has 6 nitrogen and oxygen atoms in total. The smallest absolute Gasteiger partial charge is 0.240 e. The minimum atomic E-state index is 0.219. The number of hydrogen-bond acceptors (Lipinski definition) is 6. The molecular weight excluding hydrogens is 326 g/mol. The van der Waals surface area contributed by atoms with Crippen LogP contribution in [-0.2, 0) is 13.0 Å². The summed E-state index contributed by atoms with van der Waals surface area (Å²) in [4.78, 5) is 4.29.